The predicted molar refractivity (Wildman–Crippen MR) is 61.3 cm³/mol. The fourth-order valence-electron chi connectivity index (χ4n) is 2.32. The Bertz CT molecular complexity index is 403. The normalized spacial score (nSPS) is 16.8. The maximum atomic E-state index is 8.88. The van der Waals surface area contributed by atoms with Crippen LogP contribution in [0, 0.1) is 11.3 Å². The average molecular weight is 216 g/mol. The fourth-order valence-corrected chi connectivity index (χ4v) is 2.32. The molecule has 1 aliphatic carbocycles. The van der Waals surface area contributed by atoms with E-state index >= 15 is 0 Å². The van der Waals surface area contributed by atoms with Crippen LogP contribution in [0.3, 0.4) is 0 Å². The van der Waals surface area contributed by atoms with Crippen LogP contribution < -0.4 is 4.74 Å². The van der Waals surface area contributed by atoms with Crippen LogP contribution in [0.15, 0.2) is 12.1 Å². The van der Waals surface area contributed by atoms with Gasteiger partial charge in [0.15, 0.2) is 0 Å². The van der Waals surface area contributed by atoms with Gasteiger partial charge in [0.05, 0.1) is 7.11 Å². The van der Waals surface area contributed by atoms with Crippen LogP contribution >= 0.6 is 0 Å². The highest BCUT2D eigenvalue weighted by Crippen LogP contribution is 2.32. The Labute approximate surface area is 96.1 Å². The summed E-state index contributed by atoms with van der Waals surface area (Å²) in [6, 6.07) is 5.87. The van der Waals surface area contributed by atoms with E-state index in [2.05, 4.69) is 11.1 Å². The van der Waals surface area contributed by atoms with Crippen LogP contribution in [0.1, 0.15) is 49.3 Å². The number of nitrogens with zero attached hydrogens (tertiary/aromatic N) is 2. The summed E-state index contributed by atoms with van der Waals surface area (Å²) < 4.78 is 5.13. The van der Waals surface area contributed by atoms with Gasteiger partial charge in [0.2, 0.25) is 5.88 Å². The van der Waals surface area contributed by atoms with Crippen LogP contribution in [0.25, 0.3) is 0 Å². The van der Waals surface area contributed by atoms with Crippen molar-refractivity contribution in [1.29, 1.82) is 5.26 Å². The van der Waals surface area contributed by atoms with Gasteiger partial charge in [-0.25, -0.2) is 4.98 Å². The lowest BCUT2D eigenvalue weighted by Crippen LogP contribution is -2.07. The lowest BCUT2D eigenvalue weighted by Gasteiger charge is -2.21. The second kappa shape index (κ2) is 4.98. The Morgan fingerprint density at radius 1 is 1.31 bits per heavy atom. The first-order valence-electron chi connectivity index (χ1n) is 5.80. The van der Waals surface area contributed by atoms with Crippen LogP contribution in [0.4, 0.5) is 0 Å². The molecular formula is C13H16N2O. The third kappa shape index (κ3) is 2.16. The van der Waals surface area contributed by atoms with E-state index in [9.17, 15) is 0 Å². The van der Waals surface area contributed by atoms with Crippen molar-refractivity contribution in [1.82, 2.24) is 4.98 Å². The third-order valence-electron chi connectivity index (χ3n) is 3.22. The number of aromatic nitrogens is 1. The van der Waals surface area contributed by atoms with Crippen molar-refractivity contribution in [3.05, 3.63) is 23.4 Å². The number of hydrogen-bond donors (Lipinski definition) is 0. The van der Waals surface area contributed by atoms with Gasteiger partial charge in [0, 0.05) is 11.6 Å². The summed E-state index contributed by atoms with van der Waals surface area (Å²) in [6.45, 7) is 0. The molecule has 0 aromatic carbocycles. The molecule has 1 heterocycles. The van der Waals surface area contributed by atoms with Gasteiger partial charge in [-0.15, -0.1) is 0 Å². The molecule has 3 nitrogen and oxygen atoms in total. The molecule has 84 valence electrons. The molecule has 2 rings (SSSR count). The molecule has 0 amide bonds. The Balaban J connectivity index is 2.25. The van der Waals surface area contributed by atoms with E-state index in [1.807, 2.05) is 12.1 Å². The topological polar surface area (TPSA) is 45.9 Å². The minimum Gasteiger partial charge on any atom is -0.480 e. The van der Waals surface area contributed by atoms with Crippen LogP contribution in [0.5, 0.6) is 5.88 Å². The standard InChI is InChI=1S/C13H16N2O/c1-16-13-11(9-14)7-8-12(15-13)10-5-3-2-4-6-10/h7-8,10H,2-6H2,1H3. The molecule has 1 saturated carbocycles. The van der Waals surface area contributed by atoms with Gasteiger partial charge in [0.25, 0.3) is 0 Å². The molecule has 1 aromatic rings. The van der Waals surface area contributed by atoms with Crippen LogP contribution in [-0.2, 0) is 0 Å². The van der Waals surface area contributed by atoms with Crippen molar-refractivity contribution in [2.24, 2.45) is 0 Å². The largest absolute Gasteiger partial charge is 0.480 e. The minimum atomic E-state index is 0.463. The van der Waals surface area contributed by atoms with Crippen molar-refractivity contribution in [3.8, 4) is 11.9 Å². The molecule has 16 heavy (non-hydrogen) atoms. The summed E-state index contributed by atoms with van der Waals surface area (Å²) >= 11 is 0. The average Bonchev–Trinajstić information content (AvgIpc) is 2.39. The molecule has 0 saturated heterocycles. The number of pyridine rings is 1. The molecule has 0 bridgehead atoms. The van der Waals surface area contributed by atoms with Gasteiger partial charge in [-0.2, -0.15) is 5.26 Å². The van der Waals surface area contributed by atoms with Gasteiger partial charge in [-0.3, -0.25) is 0 Å². The molecular weight excluding hydrogens is 200 g/mol. The lowest BCUT2D eigenvalue weighted by molar-refractivity contribution is 0.386. The summed E-state index contributed by atoms with van der Waals surface area (Å²) in [5.41, 5.74) is 1.60. The van der Waals surface area contributed by atoms with Crippen molar-refractivity contribution in [2.75, 3.05) is 7.11 Å². The van der Waals surface area contributed by atoms with E-state index in [1.165, 1.54) is 32.1 Å². The van der Waals surface area contributed by atoms with E-state index in [0.717, 1.165) is 5.69 Å². The number of hydrogen-bond acceptors (Lipinski definition) is 3. The van der Waals surface area contributed by atoms with Crippen molar-refractivity contribution >= 4 is 0 Å². The van der Waals surface area contributed by atoms with Crippen molar-refractivity contribution in [3.63, 3.8) is 0 Å². The van der Waals surface area contributed by atoms with E-state index in [-0.39, 0.29) is 0 Å². The maximum absolute atomic E-state index is 8.88. The zero-order valence-corrected chi connectivity index (χ0v) is 9.57. The summed E-state index contributed by atoms with van der Waals surface area (Å²) in [5.74, 6) is 1.01. The molecule has 0 radical (unpaired) electrons. The lowest BCUT2D eigenvalue weighted by atomic mass is 9.86. The molecule has 1 aliphatic rings. The highest BCUT2D eigenvalue weighted by atomic mass is 16.5. The van der Waals surface area contributed by atoms with E-state index in [4.69, 9.17) is 10.00 Å². The van der Waals surface area contributed by atoms with E-state index < -0.39 is 0 Å². The second-order valence-electron chi connectivity index (χ2n) is 4.24. The second-order valence-corrected chi connectivity index (χ2v) is 4.24. The number of rotatable bonds is 2. The van der Waals surface area contributed by atoms with Crippen LogP contribution in [0.2, 0.25) is 0 Å². The first-order chi connectivity index (χ1) is 7.85. The Morgan fingerprint density at radius 2 is 2.06 bits per heavy atom. The first kappa shape index (κ1) is 10.9. The highest BCUT2D eigenvalue weighted by Gasteiger charge is 2.18. The molecule has 0 aliphatic heterocycles. The third-order valence-corrected chi connectivity index (χ3v) is 3.22. The zero-order chi connectivity index (χ0) is 11.4. The highest BCUT2D eigenvalue weighted by molar-refractivity contribution is 5.39. The van der Waals surface area contributed by atoms with Crippen molar-refractivity contribution < 1.29 is 4.74 Å². The predicted octanol–water partition coefficient (Wildman–Crippen LogP) is 3.01. The minimum absolute atomic E-state index is 0.463. The molecule has 0 spiro atoms. The van der Waals surface area contributed by atoms with Gasteiger partial charge in [-0.1, -0.05) is 19.3 Å². The molecule has 0 unspecified atom stereocenters. The Kier molecular flexibility index (Phi) is 3.40. The van der Waals surface area contributed by atoms with Crippen LogP contribution in [-0.4, -0.2) is 12.1 Å². The molecule has 3 heteroatoms. The van der Waals surface area contributed by atoms with E-state index in [0.29, 0.717) is 17.4 Å². The van der Waals surface area contributed by atoms with Gasteiger partial charge < -0.3 is 4.74 Å². The van der Waals surface area contributed by atoms with Gasteiger partial charge in [-0.05, 0) is 25.0 Å². The van der Waals surface area contributed by atoms with Gasteiger partial charge in [0.1, 0.15) is 11.6 Å². The number of ether oxygens (including phenoxy) is 1. The summed E-state index contributed by atoms with van der Waals surface area (Å²) in [7, 11) is 1.56. The molecule has 1 fully saturated rings. The van der Waals surface area contributed by atoms with Crippen molar-refractivity contribution in [2.45, 2.75) is 38.0 Å². The van der Waals surface area contributed by atoms with Gasteiger partial charge >= 0.3 is 0 Å². The summed E-state index contributed by atoms with van der Waals surface area (Å²) in [5, 5.41) is 8.88. The smallest absolute Gasteiger partial charge is 0.231 e. The molecule has 0 atom stereocenters. The number of nitriles is 1. The Hall–Kier alpha value is -1.56. The molecule has 0 N–H and O–H groups in total. The monoisotopic (exact) mass is 216 g/mol. The van der Waals surface area contributed by atoms with E-state index in [1.54, 1.807) is 7.11 Å². The number of methoxy groups -OCH3 is 1. The summed E-state index contributed by atoms with van der Waals surface area (Å²) in [6.07, 6.45) is 6.33. The zero-order valence-electron chi connectivity index (χ0n) is 9.57. The molecule has 1 aromatic heterocycles. The first-order valence-corrected chi connectivity index (χ1v) is 5.80. The summed E-state index contributed by atoms with van der Waals surface area (Å²) in [4.78, 5) is 4.44. The Morgan fingerprint density at radius 3 is 2.69 bits per heavy atom. The fraction of sp³-hybridized carbons (Fsp3) is 0.538. The maximum Gasteiger partial charge on any atom is 0.231 e. The quantitative estimate of drug-likeness (QED) is 0.763. The SMILES string of the molecule is COc1nc(C2CCCCC2)ccc1C#N.